The number of halogens is 2. The molecule has 1 unspecified atom stereocenters. The summed E-state index contributed by atoms with van der Waals surface area (Å²) in [6, 6.07) is 19.5. The molecule has 4 N–H and O–H groups in total. The summed E-state index contributed by atoms with van der Waals surface area (Å²) in [5.41, 5.74) is -0.115. The van der Waals surface area contributed by atoms with Gasteiger partial charge in [0.15, 0.2) is 5.54 Å². The predicted molar refractivity (Wildman–Crippen MR) is 125 cm³/mol. The lowest BCUT2D eigenvalue weighted by molar-refractivity contribution is 0.531. The molecule has 0 aliphatic heterocycles. The van der Waals surface area contributed by atoms with Gasteiger partial charge in [-0.2, -0.15) is 10.2 Å². The van der Waals surface area contributed by atoms with Crippen molar-refractivity contribution >= 4 is 34.9 Å². The van der Waals surface area contributed by atoms with Crippen LogP contribution in [0.25, 0.3) is 0 Å². The number of benzene rings is 2. The highest BCUT2D eigenvalue weighted by molar-refractivity contribution is 6.46. The number of hydrogen-bond acceptors (Lipinski definition) is 4. The van der Waals surface area contributed by atoms with Crippen molar-refractivity contribution in [2.45, 2.75) is 49.8 Å². The third kappa shape index (κ3) is 6.54. The number of alkyl halides is 2. The highest BCUT2D eigenvalue weighted by Crippen LogP contribution is 2.27. The van der Waals surface area contributed by atoms with Gasteiger partial charge in [0.05, 0.1) is 0 Å². The predicted octanol–water partition coefficient (Wildman–Crippen LogP) is 5.31. The van der Waals surface area contributed by atoms with E-state index in [1.165, 1.54) is 0 Å². The Labute approximate surface area is 188 Å². The zero-order chi connectivity index (χ0) is 22.2. The highest BCUT2D eigenvalue weighted by Gasteiger charge is 2.38. The summed E-state index contributed by atoms with van der Waals surface area (Å²) in [6.07, 6.45) is 0. The molecule has 0 aliphatic rings. The van der Waals surface area contributed by atoms with Crippen LogP contribution in [0, 0.1) is 10.8 Å². The van der Waals surface area contributed by atoms with E-state index in [2.05, 4.69) is 20.9 Å². The fourth-order valence-corrected chi connectivity index (χ4v) is 2.76. The smallest absolute Gasteiger partial charge is 0.165 e. The summed E-state index contributed by atoms with van der Waals surface area (Å²) < 4.78 is 0. The van der Waals surface area contributed by atoms with Crippen LogP contribution in [0.4, 0.5) is 0 Å². The average Bonchev–Trinajstić information content (AvgIpc) is 2.75. The molecule has 8 heteroatoms. The second kappa shape index (κ2) is 10.5. The number of hydrogen-bond donors (Lipinski definition) is 4. The van der Waals surface area contributed by atoms with Gasteiger partial charge in [0.1, 0.15) is 22.0 Å². The Bertz CT molecular complexity index is 868. The maximum absolute atomic E-state index is 8.43. The third-order valence-corrected chi connectivity index (χ3v) is 5.52. The Morgan fingerprint density at radius 1 is 0.800 bits per heavy atom. The van der Waals surface area contributed by atoms with Gasteiger partial charge in [-0.15, -0.1) is 23.2 Å². The molecule has 0 aliphatic carbocycles. The van der Waals surface area contributed by atoms with Crippen LogP contribution in [0.5, 0.6) is 0 Å². The molecule has 0 bridgehead atoms. The summed E-state index contributed by atoms with van der Waals surface area (Å²) >= 11 is 12.3. The third-order valence-electron chi connectivity index (χ3n) is 4.67. The average molecular weight is 447 g/mol. The lowest BCUT2D eigenvalue weighted by atomic mass is 10.0. The first-order chi connectivity index (χ1) is 14.1. The minimum Gasteiger partial charge on any atom is -0.368 e. The van der Waals surface area contributed by atoms with Gasteiger partial charge in [0, 0.05) is 13.1 Å². The van der Waals surface area contributed by atoms with Gasteiger partial charge in [-0.05, 0) is 31.9 Å². The van der Waals surface area contributed by atoms with Crippen LogP contribution in [0.2, 0.25) is 0 Å². The van der Waals surface area contributed by atoms with Gasteiger partial charge in [-0.1, -0.05) is 60.7 Å². The summed E-state index contributed by atoms with van der Waals surface area (Å²) in [5.74, 6) is 0.270. The van der Waals surface area contributed by atoms with E-state index < -0.39 is 15.9 Å². The fraction of sp³-hybridized carbons (Fsp3) is 0.364. The quantitative estimate of drug-likeness (QED) is 0.181. The lowest BCUT2D eigenvalue weighted by Crippen LogP contribution is -2.47. The van der Waals surface area contributed by atoms with E-state index in [9.17, 15) is 0 Å². The Kier molecular flexibility index (Phi) is 8.38. The van der Waals surface area contributed by atoms with Crippen LogP contribution >= 0.6 is 23.2 Å². The van der Waals surface area contributed by atoms with Gasteiger partial charge in [-0.3, -0.25) is 10.8 Å². The van der Waals surface area contributed by atoms with Crippen molar-refractivity contribution in [3.05, 3.63) is 71.8 Å². The minimum atomic E-state index is -1.27. The molecule has 0 heterocycles. The van der Waals surface area contributed by atoms with Gasteiger partial charge >= 0.3 is 0 Å². The topological polar surface area (TPSA) is 96.5 Å². The standard InChI is InChI=1S/C22H28Cl2N6/c1-21(2,19(25)27-14-16-10-6-4-7-11-16)29-30-22(3,18(23)24)20(26)28-15-17-12-8-5-9-13-17/h4-13,18H,14-15H2,1-3H3,(H2,25,27)(H2,26,28). The molecular weight excluding hydrogens is 419 g/mol. The van der Waals surface area contributed by atoms with Crippen molar-refractivity contribution in [1.29, 1.82) is 10.8 Å². The molecule has 2 aromatic carbocycles. The molecule has 0 fully saturated rings. The van der Waals surface area contributed by atoms with Crippen LogP contribution in [-0.2, 0) is 13.1 Å². The number of nitrogens with one attached hydrogen (secondary N) is 4. The van der Waals surface area contributed by atoms with E-state index in [4.69, 9.17) is 34.0 Å². The fourth-order valence-electron chi connectivity index (χ4n) is 2.45. The second-order valence-corrected chi connectivity index (χ2v) is 8.73. The van der Waals surface area contributed by atoms with E-state index in [0.717, 1.165) is 11.1 Å². The molecule has 1 atom stereocenters. The molecule has 30 heavy (non-hydrogen) atoms. The molecule has 160 valence electrons. The molecular formula is C22H28Cl2N6. The monoisotopic (exact) mass is 446 g/mol. The van der Waals surface area contributed by atoms with Crippen molar-refractivity contribution in [3.63, 3.8) is 0 Å². The van der Waals surface area contributed by atoms with Gasteiger partial charge in [-0.25, -0.2) is 0 Å². The second-order valence-electron chi connectivity index (χ2n) is 7.64. The summed E-state index contributed by atoms with van der Waals surface area (Å²) in [5, 5.41) is 31.5. The van der Waals surface area contributed by atoms with E-state index in [-0.39, 0.29) is 11.7 Å². The van der Waals surface area contributed by atoms with Crippen LogP contribution in [0.1, 0.15) is 31.9 Å². The molecule has 0 aromatic heterocycles. The lowest BCUT2D eigenvalue weighted by Gasteiger charge is -2.29. The molecule has 2 rings (SSSR count). The molecule has 0 saturated heterocycles. The molecule has 0 amide bonds. The summed E-state index contributed by atoms with van der Waals surface area (Å²) in [7, 11) is 0. The first kappa shape index (κ1) is 23.8. The van der Waals surface area contributed by atoms with E-state index in [1.54, 1.807) is 20.8 Å². The molecule has 2 aromatic rings. The SMILES string of the molecule is CC(C)(N=NC(C)(C(=N)NCc1ccccc1)C(Cl)Cl)C(=N)NCc1ccccc1. The number of azo groups is 1. The Balaban J connectivity index is 2.04. The first-order valence-electron chi connectivity index (χ1n) is 9.61. The summed E-state index contributed by atoms with van der Waals surface area (Å²) in [4.78, 5) is -0.987. The van der Waals surface area contributed by atoms with E-state index >= 15 is 0 Å². The zero-order valence-corrected chi connectivity index (χ0v) is 18.9. The minimum absolute atomic E-state index is 0.0599. The van der Waals surface area contributed by atoms with Crippen LogP contribution in [-0.4, -0.2) is 27.6 Å². The summed E-state index contributed by atoms with van der Waals surface area (Å²) in [6.45, 7) is 6.16. The van der Waals surface area contributed by atoms with Crippen LogP contribution in [0.15, 0.2) is 70.9 Å². The van der Waals surface area contributed by atoms with Crippen molar-refractivity contribution in [1.82, 2.24) is 10.6 Å². The largest absolute Gasteiger partial charge is 0.368 e. The molecule has 0 radical (unpaired) electrons. The van der Waals surface area contributed by atoms with Gasteiger partial charge in [0.25, 0.3) is 0 Å². The Morgan fingerprint density at radius 2 is 1.23 bits per heavy atom. The Morgan fingerprint density at radius 3 is 1.67 bits per heavy atom. The van der Waals surface area contributed by atoms with Crippen molar-refractivity contribution in [2.75, 3.05) is 0 Å². The van der Waals surface area contributed by atoms with Crippen LogP contribution in [0.3, 0.4) is 0 Å². The normalized spacial score (nSPS) is 13.8. The highest BCUT2D eigenvalue weighted by atomic mass is 35.5. The van der Waals surface area contributed by atoms with Crippen LogP contribution < -0.4 is 10.6 Å². The van der Waals surface area contributed by atoms with Gasteiger partial charge in [0.2, 0.25) is 0 Å². The maximum atomic E-state index is 8.43. The number of rotatable bonds is 9. The molecule has 6 nitrogen and oxygen atoms in total. The van der Waals surface area contributed by atoms with E-state index in [1.807, 2.05) is 60.7 Å². The zero-order valence-electron chi connectivity index (χ0n) is 17.4. The van der Waals surface area contributed by atoms with Crippen molar-refractivity contribution in [2.24, 2.45) is 10.2 Å². The molecule has 0 spiro atoms. The Hall–Kier alpha value is -2.44. The van der Waals surface area contributed by atoms with Crippen molar-refractivity contribution < 1.29 is 0 Å². The van der Waals surface area contributed by atoms with E-state index in [0.29, 0.717) is 13.1 Å². The molecule has 0 saturated carbocycles. The first-order valence-corrected chi connectivity index (χ1v) is 10.5. The number of nitrogens with zero attached hydrogens (tertiary/aromatic N) is 2. The maximum Gasteiger partial charge on any atom is 0.165 e. The van der Waals surface area contributed by atoms with Crippen molar-refractivity contribution in [3.8, 4) is 0 Å². The van der Waals surface area contributed by atoms with Gasteiger partial charge < -0.3 is 10.6 Å². The number of amidine groups is 2.